The Morgan fingerprint density at radius 1 is 0.962 bits per heavy atom. The van der Waals surface area contributed by atoms with E-state index in [4.69, 9.17) is 11.6 Å². The van der Waals surface area contributed by atoms with Crippen molar-refractivity contribution in [1.29, 1.82) is 0 Å². The van der Waals surface area contributed by atoms with Gasteiger partial charge in [0.25, 0.3) is 0 Å². The minimum Gasteiger partial charge on any atom is -0.334 e. The molecule has 2 amide bonds. The molecule has 2 aromatic rings. The Morgan fingerprint density at radius 2 is 1.58 bits per heavy atom. The van der Waals surface area contributed by atoms with Crippen molar-refractivity contribution in [2.45, 2.75) is 33.5 Å². The molecular weight excluding hydrogens is 346 g/mol. The van der Waals surface area contributed by atoms with Gasteiger partial charge in [0, 0.05) is 31.7 Å². The van der Waals surface area contributed by atoms with Crippen molar-refractivity contribution in [1.82, 2.24) is 15.1 Å². The van der Waals surface area contributed by atoms with Crippen LogP contribution in [0.4, 0.5) is 4.79 Å². The molecule has 0 saturated heterocycles. The molecule has 0 aliphatic carbocycles. The first-order chi connectivity index (χ1) is 12.5. The van der Waals surface area contributed by atoms with E-state index in [-0.39, 0.29) is 6.03 Å². The molecule has 0 heterocycles. The van der Waals surface area contributed by atoms with E-state index in [1.165, 1.54) is 5.56 Å². The number of rotatable bonds is 8. The van der Waals surface area contributed by atoms with Gasteiger partial charge in [0.15, 0.2) is 0 Å². The molecule has 0 unspecified atom stereocenters. The molecule has 140 valence electrons. The smallest absolute Gasteiger partial charge is 0.317 e. The minimum absolute atomic E-state index is 0.0856. The summed E-state index contributed by atoms with van der Waals surface area (Å²) in [5.74, 6) is 0. The second-order valence-electron chi connectivity index (χ2n) is 6.37. The molecular formula is C21H28ClN3O. The van der Waals surface area contributed by atoms with Crippen LogP contribution in [0.3, 0.4) is 0 Å². The van der Waals surface area contributed by atoms with Crippen molar-refractivity contribution in [3.63, 3.8) is 0 Å². The van der Waals surface area contributed by atoms with Crippen molar-refractivity contribution in [2.24, 2.45) is 0 Å². The fourth-order valence-corrected chi connectivity index (χ4v) is 2.94. The number of nitrogens with zero attached hydrogens (tertiary/aromatic N) is 2. The second-order valence-corrected chi connectivity index (χ2v) is 6.81. The first-order valence-corrected chi connectivity index (χ1v) is 9.43. The fraction of sp³-hybridized carbons (Fsp3) is 0.381. The number of benzene rings is 2. The summed E-state index contributed by atoms with van der Waals surface area (Å²) in [4.78, 5) is 16.5. The van der Waals surface area contributed by atoms with E-state index in [2.05, 4.69) is 42.3 Å². The summed E-state index contributed by atoms with van der Waals surface area (Å²) in [6.07, 6.45) is 0. The van der Waals surface area contributed by atoms with Crippen molar-refractivity contribution >= 4 is 17.6 Å². The predicted molar refractivity (Wildman–Crippen MR) is 108 cm³/mol. The summed E-state index contributed by atoms with van der Waals surface area (Å²) in [7, 11) is 1.80. The van der Waals surface area contributed by atoms with E-state index in [0.717, 1.165) is 30.8 Å². The SMILES string of the molecule is CCN(CC)Cc1ccccc1CNC(=O)N(C)Cc1ccc(Cl)cc1. The normalized spacial score (nSPS) is 10.8. The maximum absolute atomic E-state index is 12.4. The first kappa shape index (κ1) is 20.3. The van der Waals surface area contributed by atoms with Crippen LogP contribution in [0.15, 0.2) is 48.5 Å². The van der Waals surface area contributed by atoms with Crippen LogP contribution < -0.4 is 5.32 Å². The largest absolute Gasteiger partial charge is 0.334 e. The van der Waals surface area contributed by atoms with Gasteiger partial charge >= 0.3 is 6.03 Å². The molecule has 0 radical (unpaired) electrons. The summed E-state index contributed by atoms with van der Waals surface area (Å²) in [6, 6.07) is 15.8. The van der Waals surface area contributed by atoms with Gasteiger partial charge < -0.3 is 10.2 Å². The highest BCUT2D eigenvalue weighted by molar-refractivity contribution is 6.30. The molecule has 0 aliphatic rings. The van der Waals surface area contributed by atoms with E-state index < -0.39 is 0 Å². The Morgan fingerprint density at radius 3 is 2.19 bits per heavy atom. The lowest BCUT2D eigenvalue weighted by Gasteiger charge is -2.21. The van der Waals surface area contributed by atoms with E-state index in [0.29, 0.717) is 18.1 Å². The lowest BCUT2D eigenvalue weighted by molar-refractivity contribution is 0.206. The quantitative estimate of drug-likeness (QED) is 0.738. The van der Waals surface area contributed by atoms with Crippen LogP contribution in [-0.2, 0) is 19.6 Å². The summed E-state index contributed by atoms with van der Waals surface area (Å²) in [5, 5.41) is 3.72. The van der Waals surface area contributed by atoms with Gasteiger partial charge in [-0.2, -0.15) is 0 Å². The van der Waals surface area contributed by atoms with Crippen LogP contribution in [0.5, 0.6) is 0 Å². The Bertz CT molecular complexity index is 699. The molecule has 4 nitrogen and oxygen atoms in total. The third-order valence-electron chi connectivity index (χ3n) is 4.52. The van der Waals surface area contributed by atoms with Crippen molar-refractivity contribution in [3.05, 3.63) is 70.2 Å². The third-order valence-corrected chi connectivity index (χ3v) is 4.77. The molecule has 26 heavy (non-hydrogen) atoms. The van der Waals surface area contributed by atoms with Gasteiger partial charge in [-0.15, -0.1) is 0 Å². The number of urea groups is 1. The van der Waals surface area contributed by atoms with Crippen molar-refractivity contribution in [3.8, 4) is 0 Å². The van der Waals surface area contributed by atoms with Crippen molar-refractivity contribution < 1.29 is 4.79 Å². The number of nitrogens with one attached hydrogen (secondary N) is 1. The van der Waals surface area contributed by atoms with Crippen LogP contribution in [-0.4, -0.2) is 36.0 Å². The Kier molecular flexibility index (Phi) is 7.95. The highest BCUT2D eigenvalue weighted by atomic mass is 35.5. The lowest BCUT2D eigenvalue weighted by atomic mass is 10.1. The van der Waals surface area contributed by atoms with Gasteiger partial charge in [-0.05, 0) is 41.9 Å². The molecule has 0 saturated carbocycles. The van der Waals surface area contributed by atoms with Crippen LogP contribution in [0.25, 0.3) is 0 Å². The van der Waals surface area contributed by atoms with Crippen LogP contribution in [0.1, 0.15) is 30.5 Å². The average molecular weight is 374 g/mol. The molecule has 5 heteroatoms. The maximum atomic E-state index is 12.4. The summed E-state index contributed by atoms with van der Waals surface area (Å²) >= 11 is 5.90. The standard InChI is InChI=1S/C21H28ClN3O/c1-4-25(5-2)16-19-9-7-6-8-18(19)14-23-21(26)24(3)15-17-10-12-20(22)13-11-17/h6-13H,4-5,14-16H2,1-3H3,(H,23,26). The van der Waals surface area contributed by atoms with Gasteiger partial charge in [-0.1, -0.05) is 61.8 Å². The van der Waals surface area contributed by atoms with E-state index >= 15 is 0 Å². The van der Waals surface area contributed by atoms with Gasteiger partial charge in [0.05, 0.1) is 0 Å². The zero-order valence-electron chi connectivity index (χ0n) is 15.8. The van der Waals surface area contributed by atoms with Crippen LogP contribution in [0.2, 0.25) is 5.02 Å². The first-order valence-electron chi connectivity index (χ1n) is 9.06. The molecule has 0 atom stereocenters. The number of amides is 2. The maximum Gasteiger partial charge on any atom is 0.317 e. The highest BCUT2D eigenvalue weighted by Gasteiger charge is 2.11. The molecule has 0 bridgehead atoms. The van der Waals surface area contributed by atoms with E-state index in [9.17, 15) is 4.79 Å². The van der Waals surface area contributed by atoms with Gasteiger partial charge in [-0.3, -0.25) is 4.90 Å². The second kappa shape index (κ2) is 10.2. The summed E-state index contributed by atoms with van der Waals surface area (Å²) in [6.45, 7) is 8.34. The third kappa shape index (κ3) is 6.04. The monoisotopic (exact) mass is 373 g/mol. The molecule has 2 aromatic carbocycles. The number of carbonyl (C=O) groups excluding carboxylic acids is 1. The van der Waals surface area contributed by atoms with Crippen LogP contribution in [0, 0.1) is 0 Å². The lowest BCUT2D eigenvalue weighted by Crippen LogP contribution is -2.36. The number of hydrogen-bond donors (Lipinski definition) is 1. The zero-order valence-corrected chi connectivity index (χ0v) is 16.6. The summed E-state index contributed by atoms with van der Waals surface area (Å²) < 4.78 is 0. The van der Waals surface area contributed by atoms with Crippen LogP contribution >= 0.6 is 11.6 Å². The molecule has 2 rings (SSSR count). The minimum atomic E-state index is -0.0856. The molecule has 1 N–H and O–H groups in total. The number of carbonyl (C=O) groups is 1. The fourth-order valence-electron chi connectivity index (χ4n) is 2.81. The molecule has 0 aromatic heterocycles. The Labute approximate surface area is 161 Å². The Balaban J connectivity index is 1.93. The number of halogens is 1. The molecule has 0 fully saturated rings. The predicted octanol–water partition coefficient (Wildman–Crippen LogP) is 4.52. The van der Waals surface area contributed by atoms with E-state index in [1.807, 2.05) is 30.3 Å². The zero-order chi connectivity index (χ0) is 18.9. The molecule has 0 spiro atoms. The van der Waals surface area contributed by atoms with Gasteiger partial charge in [-0.25, -0.2) is 4.79 Å². The van der Waals surface area contributed by atoms with Crippen molar-refractivity contribution in [2.75, 3.05) is 20.1 Å². The van der Waals surface area contributed by atoms with Gasteiger partial charge in [0.1, 0.15) is 0 Å². The summed E-state index contributed by atoms with van der Waals surface area (Å²) in [5.41, 5.74) is 3.47. The van der Waals surface area contributed by atoms with E-state index in [1.54, 1.807) is 11.9 Å². The average Bonchev–Trinajstić information content (AvgIpc) is 2.66. The van der Waals surface area contributed by atoms with Gasteiger partial charge in [0.2, 0.25) is 0 Å². The molecule has 0 aliphatic heterocycles. The highest BCUT2D eigenvalue weighted by Crippen LogP contribution is 2.13. The Hall–Kier alpha value is -2.04. The number of hydrogen-bond acceptors (Lipinski definition) is 2. The topological polar surface area (TPSA) is 35.6 Å².